The number of hydrogen-bond acceptors (Lipinski definition) is 4. The van der Waals surface area contributed by atoms with E-state index in [2.05, 4.69) is 25.8 Å². The van der Waals surface area contributed by atoms with Gasteiger partial charge in [-0.15, -0.1) is 0 Å². The average molecular weight is 411 g/mol. The van der Waals surface area contributed by atoms with Crippen LogP contribution in [0.15, 0.2) is 35.3 Å². The maximum Gasteiger partial charge on any atom is 0.257 e. The summed E-state index contributed by atoms with van der Waals surface area (Å²) in [7, 11) is 1.50. The average Bonchev–Trinajstić information content (AvgIpc) is 3.07. The van der Waals surface area contributed by atoms with Crippen LogP contribution < -0.4 is 15.4 Å². The summed E-state index contributed by atoms with van der Waals surface area (Å²) < 4.78 is 19.8. The van der Waals surface area contributed by atoms with Gasteiger partial charge in [0.2, 0.25) is 5.96 Å². The molecule has 0 saturated carbocycles. The van der Waals surface area contributed by atoms with E-state index in [1.807, 2.05) is 46.8 Å². The first-order chi connectivity index (χ1) is 14.1. The molecule has 0 aliphatic heterocycles. The molecule has 8 heteroatoms. The fourth-order valence-corrected chi connectivity index (χ4v) is 2.93. The number of guanidine groups is 1. The topological polar surface area (TPSA) is 91.4 Å². The number of H-pyrrole nitrogens is 1. The predicted octanol–water partition coefficient (Wildman–Crippen LogP) is 4.32. The third kappa shape index (κ3) is 4.59. The minimum atomic E-state index is -0.499. The summed E-state index contributed by atoms with van der Waals surface area (Å²) >= 11 is 0. The number of aliphatic imine (C=N–C) groups is 1. The highest BCUT2D eigenvalue weighted by Gasteiger charge is 2.19. The summed E-state index contributed by atoms with van der Waals surface area (Å²) in [6.07, 6.45) is 0. The van der Waals surface area contributed by atoms with Crippen molar-refractivity contribution in [3.63, 3.8) is 0 Å². The van der Waals surface area contributed by atoms with E-state index in [0.717, 1.165) is 11.1 Å². The maximum atomic E-state index is 14.5. The molecule has 30 heavy (non-hydrogen) atoms. The number of carbonyl (C=O) groups excluding carboxylic acids is 1. The molecule has 0 aliphatic rings. The van der Waals surface area contributed by atoms with Crippen LogP contribution >= 0.6 is 0 Å². The molecule has 0 atom stereocenters. The van der Waals surface area contributed by atoms with Gasteiger partial charge in [-0.25, -0.2) is 9.38 Å². The maximum absolute atomic E-state index is 14.5. The Morgan fingerprint density at radius 2 is 1.90 bits per heavy atom. The SMILES string of the molecule is COc1ccc(F)c2c(NC(=NC(C)(C)C)NC(=O)c3ccc(C)c(C)c3)n[nH]c12. The zero-order valence-corrected chi connectivity index (χ0v) is 18.0. The zero-order chi connectivity index (χ0) is 22.1. The Morgan fingerprint density at radius 3 is 2.53 bits per heavy atom. The number of aromatic nitrogens is 2. The molecule has 0 bridgehead atoms. The van der Waals surface area contributed by atoms with Gasteiger partial charge in [-0.2, -0.15) is 5.10 Å². The Labute approximate surface area is 174 Å². The van der Waals surface area contributed by atoms with Crippen molar-refractivity contribution in [2.45, 2.75) is 40.2 Å². The van der Waals surface area contributed by atoms with Gasteiger partial charge in [0.1, 0.15) is 17.1 Å². The standard InChI is InChI=1S/C22H26FN5O2/c1-12-7-8-14(11-13(12)2)20(29)25-21(26-22(3,4)5)24-19-17-15(23)9-10-16(30-6)18(17)27-28-19/h7-11H,1-6H3,(H3,24,25,26,27,28,29). The quantitative estimate of drug-likeness (QED) is 0.442. The van der Waals surface area contributed by atoms with Crippen LogP contribution in [0.2, 0.25) is 0 Å². The van der Waals surface area contributed by atoms with Gasteiger partial charge in [-0.3, -0.25) is 15.2 Å². The van der Waals surface area contributed by atoms with Gasteiger partial charge >= 0.3 is 0 Å². The second kappa shape index (κ2) is 8.14. The van der Waals surface area contributed by atoms with Crippen LogP contribution in [0, 0.1) is 19.7 Å². The van der Waals surface area contributed by atoms with Crippen molar-refractivity contribution in [3.05, 3.63) is 52.8 Å². The molecule has 2 aromatic carbocycles. The fraction of sp³-hybridized carbons (Fsp3) is 0.318. The number of nitrogens with zero attached hydrogens (tertiary/aromatic N) is 2. The van der Waals surface area contributed by atoms with Gasteiger partial charge in [-0.1, -0.05) is 6.07 Å². The fourth-order valence-electron chi connectivity index (χ4n) is 2.93. The van der Waals surface area contributed by atoms with Crippen LogP contribution in [-0.2, 0) is 0 Å². The smallest absolute Gasteiger partial charge is 0.257 e. The number of amides is 1. The normalized spacial score (nSPS) is 12.2. The van der Waals surface area contributed by atoms with E-state index in [1.54, 1.807) is 6.07 Å². The highest BCUT2D eigenvalue weighted by Crippen LogP contribution is 2.30. The Balaban J connectivity index is 1.96. The van der Waals surface area contributed by atoms with Gasteiger partial charge in [0, 0.05) is 5.56 Å². The lowest BCUT2D eigenvalue weighted by Crippen LogP contribution is -2.38. The molecule has 0 unspecified atom stereocenters. The van der Waals surface area contributed by atoms with Crippen molar-refractivity contribution in [1.29, 1.82) is 0 Å². The molecular formula is C22H26FN5O2. The van der Waals surface area contributed by atoms with E-state index in [-0.39, 0.29) is 23.1 Å². The summed E-state index contributed by atoms with van der Waals surface area (Å²) in [5.41, 5.74) is 2.52. The highest BCUT2D eigenvalue weighted by atomic mass is 19.1. The molecule has 1 heterocycles. The van der Waals surface area contributed by atoms with Crippen molar-refractivity contribution >= 4 is 28.6 Å². The minimum absolute atomic E-state index is 0.168. The second-order valence-corrected chi connectivity index (χ2v) is 8.08. The first kappa shape index (κ1) is 21.3. The molecule has 158 valence electrons. The molecule has 0 aliphatic carbocycles. The van der Waals surface area contributed by atoms with Crippen LogP contribution in [0.25, 0.3) is 10.9 Å². The number of halogens is 1. The van der Waals surface area contributed by atoms with Crippen LogP contribution in [0.5, 0.6) is 5.75 Å². The predicted molar refractivity (Wildman–Crippen MR) is 117 cm³/mol. The Hall–Kier alpha value is -3.42. The zero-order valence-electron chi connectivity index (χ0n) is 18.0. The van der Waals surface area contributed by atoms with Crippen molar-refractivity contribution in [2.75, 3.05) is 12.4 Å². The van der Waals surface area contributed by atoms with Crippen molar-refractivity contribution in [1.82, 2.24) is 15.5 Å². The number of aromatic amines is 1. The van der Waals surface area contributed by atoms with Crippen LogP contribution in [-0.4, -0.2) is 34.7 Å². The lowest BCUT2D eigenvalue weighted by Gasteiger charge is -2.17. The first-order valence-electron chi connectivity index (χ1n) is 9.55. The summed E-state index contributed by atoms with van der Waals surface area (Å²) in [6.45, 7) is 9.60. The van der Waals surface area contributed by atoms with Gasteiger partial charge in [-0.05, 0) is 70.0 Å². The summed E-state index contributed by atoms with van der Waals surface area (Å²) in [5.74, 6) is 0.0238. The number of anilines is 1. The summed E-state index contributed by atoms with van der Waals surface area (Å²) in [6, 6.07) is 8.28. The van der Waals surface area contributed by atoms with E-state index in [9.17, 15) is 9.18 Å². The number of nitrogens with one attached hydrogen (secondary N) is 3. The van der Waals surface area contributed by atoms with E-state index in [4.69, 9.17) is 4.74 Å². The first-order valence-corrected chi connectivity index (χ1v) is 9.55. The summed E-state index contributed by atoms with van der Waals surface area (Å²) in [5, 5.41) is 12.9. The minimum Gasteiger partial charge on any atom is -0.494 e. The molecule has 7 nitrogen and oxygen atoms in total. The molecular weight excluding hydrogens is 385 g/mol. The van der Waals surface area contributed by atoms with Crippen molar-refractivity contribution < 1.29 is 13.9 Å². The van der Waals surface area contributed by atoms with Crippen LogP contribution in [0.3, 0.4) is 0 Å². The number of ether oxygens (including phenoxy) is 1. The molecule has 0 radical (unpaired) electrons. The molecule has 1 amide bonds. The molecule has 1 aromatic heterocycles. The molecule has 3 rings (SSSR count). The third-order valence-corrected chi connectivity index (χ3v) is 4.54. The van der Waals surface area contributed by atoms with E-state index in [0.29, 0.717) is 16.8 Å². The number of aryl methyl sites for hydroxylation is 2. The molecule has 0 spiro atoms. The van der Waals surface area contributed by atoms with Gasteiger partial charge in [0.05, 0.1) is 18.0 Å². The lowest BCUT2D eigenvalue weighted by atomic mass is 10.1. The van der Waals surface area contributed by atoms with Gasteiger partial charge < -0.3 is 10.1 Å². The number of benzene rings is 2. The number of rotatable bonds is 3. The Morgan fingerprint density at radius 1 is 1.17 bits per heavy atom. The third-order valence-electron chi connectivity index (χ3n) is 4.54. The highest BCUT2D eigenvalue weighted by molar-refractivity contribution is 6.12. The molecule has 0 saturated heterocycles. The Bertz CT molecular complexity index is 1130. The number of fused-ring (bicyclic) bond motifs is 1. The lowest BCUT2D eigenvalue weighted by molar-refractivity contribution is 0.0976. The van der Waals surface area contributed by atoms with E-state index in [1.165, 1.54) is 19.2 Å². The molecule has 3 N–H and O–H groups in total. The van der Waals surface area contributed by atoms with Crippen LogP contribution in [0.1, 0.15) is 42.3 Å². The summed E-state index contributed by atoms with van der Waals surface area (Å²) in [4.78, 5) is 17.3. The molecule has 3 aromatic rings. The monoisotopic (exact) mass is 411 g/mol. The van der Waals surface area contributed by atoms with Gasteiger partial charge in [0.25, 0.3) is 5.91 Å². The number of carbonyl (C=O) groups is 1. The molecule has 0 fully saturated rings. The van der Waals surface area contributed by atoms with Crippen molar-refractivity contribution in [3.8, 4) is 5.75 Å². The van der Waals surface area contributed by atoms with E-state index >= 15 is 0 Å². The largest absolute Gasteiger partial charge is 0.494 e. The van der Waals surface area contributed by atoms with Crippen LogP contribution in [0.4, 0.5) is 10.2 Å². The van der Waals surface area contributed by atoms with Crippen molar-refractivity contribution in [2.24, 2.45) is 4.99 Å². The number of hydrogen-bond donors (Lipinski definition) is 3. The Kier molecular flexibility index (Phi) is 5.78. The second-order valence-electron chi connectivity index (χ2n) is 8.08. The number of methoxy groups -OCH3 is 1. The van der Waals surface area contributed by atoms with Gasteiger partial charge in [0.15, 0.2) is 5.82 Å². The van der Waals surface area contributed by atoms with E-state index < -0.39 is 11.4 Å².